The van der Waals surface area contributed by atoms with Crippen molar-refractivity contribution in [3.63, 3.8) is 0 Å². The number of carbonyl (C=O) groups excluding carboxylic acids is 1. The van der Waals surface area contributed by atoms with Crippen molar-refractivity contribution < 1.29 is 22.7 Å². The third-order valence-electron chi connectivity index (χ3n) is 5.37. The number of halogens is 3. The number of nitrogens with zero attached hydrogens (tertiary/aromatic N) is 2. The first-order valence-corrected chi connectivity index (χ1v) is 8.94. The van der Waals surface area contributed by atoms with Crippen LogP contribution in [0.5, 0.6) is 0 Å². The average molecular weight is 376 g/mol. The second kappa shape index (κ2) is 6.64. The normalized spacial score (nSPS) is 19.0. The van der Waals surface area contributed by atoms with Gasteiger partial charge in [-0.25, -0.2) is 4.98 Å². The van der Waals surface area contributed by atoms with Crippen molar-refractivity contribution >= 4 is 5.91 Å². The molecule has 4 nitrogen and oxygen atoms in total. The van der Waals surface area contributed by atoms with Crippen molar-refractivity contribution in [1.29, 1.82) is 0 Å². The van der Waals surface area contributed by atoms with Gasteiger partial charge < -0.3 is 9.64 Å². The highest BCUT2D eigenvalue weighted by molar-refractivity contribution is 5.95. The van der Waals surface area contributed by atoms with Crippen LogP contribution >= 0.6 is 0 Å². The standard InChI is InChI=1S/C20H19F3N2O2/c21-20(22,23)17-6-2-5-16(24-17)14-3-1-4-15(13-14)18(26)25-10-7-19(8-11-25)9-12-27-19/h1-6,13H,7-12H2. The number of alkyl halides is 3. The number of piperidine rings is 1. The van der Waals surface area contributed by atoms with Gasteiger partial charge >= 0.3 is 6.18 Å². The molecule has 1 spiro atoms. The van der Waals surface area contributed by atoms with Gasteiger partial charge in [-0.15, -0.1) is 0 Å². The second-order valence-electron chi connectivity index (χ2n) is 7.06. The molecule has 1 aromatic heterocycles. The fourth-order valence-corrected chi connectivity index (χ4v) is 3.65. The Bertz CT molecular complexity index is 852. The molecule has 27 heavy (non-hydrogen) atoms. The van der Waals surface area contributed by atoms with E-state index in [2.05, 4.69) is 4.98 Å². The summed E-state index contributed by atoms with van der Waals surface area (Å²) in [5.41, 5.74) is 0.152. The van der Waals surface area contributed by atoms with Crippen LogP contribution in [0.4, 0.5) is 13.2 Å². The molecule has 0 radical (unpaired) electrons. The molecular formula is C20H19F3N2O2. The predicted molar refractivity (Wildman–Crippen MR) is 93.1 cm³/mol. The van der Waals surface area contributed by atoms with Crippen LogP contribution < -0.4 is 0 Å². The zero-order valence-electron chi connectivity index (χ0n) is 14.6. The number of rotatable bonds is 2. The van der Waals surface area contributed by atoms with E-state index in [1.165, 1.54) is 12.1 Å². The molecule has 7 heteroatoms. The zero-order chi connectivity index (χ0) is 19.1. The minimum Gasteiger partial charge on any atom is -0.375 e. The van der Waals surface area contributed by atoms with Gasteiger partial charge in [0, 0.05) is 24.2 Å². The predicted octanol–water partition coefficient (Wildman–Crippen LogP) is 4.16. The summed E-state index contributed by atoms with van der Waals surface area (Å²) in [5.74, 6) is -0.113. The first-order chi connectivity index (χ1) is 12.9. The van der Waals surface area contributed by atoms with Crippen LogP contribution in [0.1, 0.15) is 35.3 Å². The highest BCUT2D eigenvalue weighted by Gasteiger charge is 2.42. The van der Waals surface area contributed by atoms with Gasteiger partial charge in [0.15, 0.2) is 0 Å². The van der Waals surface area contributed by atoms with Gasteiger partial charge in [-0.1, -0.05) is 18.2 Å². The molecule has 2 aliphatic heterocycles. The highest BCUT2D eigenvalue weighted by Crippen LogP contribution is 2.37. The molecule has 4 rings (SSSR count). The van der Waals surface area contributed by atoms with E-state index in [0.717, 1.165) is 31.9 Å². The summed E-state index contributed by atoms with van der Waals surface area (Å²) >= 11 is 0. The lowest BCUT2D eigenvalue weighted by molar-refractivity contribution is -0.169. The number of amides is 1. The largest absolute Gasteiger partial charge is 0.433 e. The SMILES string of the molecule is O=C(c1cccc(-c2cccc(C(F)(F)F)n2)c1)N1CCC2(CCO2)CC1. The lowest BCUT2D eigenvalue weighted by Crippen LogP contribution is -2.53. The van der Waals surface area contributed by atoms with Crippen molar-refractivity contribution in [2.45, 2.75) is 31.0 Å². The van der Waals surface area contributed by atoms with Gasteiger partial charge in [-0.05, 0) is 43.5 Å². The van der Waals surface area contributed by atoms with E-state index in [0.29, 0.717) is 24.2 Å². The van der Waals surface area contributed by atoms with E-state index >= 15 is 0 Å². The molecule has 0 unspecified atom stereocenters. The molecule has 142 valence electrons. The topological polar surface area (TPSA) is 42.4 Å². The van der Waals surface area contributed by atoms with E-state index in [9.17, 15) is 18.0 Å². The van der Waals surface area contributed by atoms with Gasteiger partial charge in [-0.2, -0.15) is 13.2 Å². The summed E-state index contributed by atoms with van der Waals surface area (Å²) in [4.78, 5) is 18.3. The summed E-state index contributed by atoms with van der Waals surface area (Å²) in [5, 5.41) is 0. The molecule has 2 fully saturated rings. The number of ether oxygens (including phenoxy) is 1. The van der Waals surface area contributed by atoms with Crippen LogP contribution in [-0.2, 0) is 10.9 Å². The van der Waals surface area contributed by atoms with E-state index in [1.54, 1.807) is 29.2 Å². The Balaban J connectivity index is 1.53. The first-order valence-electron chi connectivity index (χ1n) is 8.94. The van der Waals surface area contributed by atoms with Crippen LogP contribution in [-0.4, -0.2) is 41.1 Å². The van der Waals surface area contributed by atoms with Crippen molar-refractivity contribution in [1.82, 2.24) is 9.88 Å². The number of hydrogen-bond donors (Lipinski definition) is 0. The number of carbonyl (C=O) groups is 1. The van der Waals surface area contributed by atoms with Gasteiger partial charge in [-0.3, -0.25) is 4.79 Å². The number of likely N-dealkylation sites (tertiary alicyclic amines) is 1. The van der Waals surface area contributed by atoms with Gasteiger partial charge in [0.25, 0.3) is 5.91 Å². The van der Waals surface area contributed by atoms with E-state index in [1.807, 2.05) is 0 Å². The smallest absolute Gasteiger partial charge is 0.375 e. The monoisotopic (exact) mass is 376 g/mol. The minimum absolute atomic E-state index is 0.0411. The van der Waals surface area contributed by atoms with Crippen molar-refractivity contribution in [3.8, 4) is 11.3 Å². The summed E-state index contributed by atoms with van der Waals surface area (Å²) in [7, 11) is 0. The molecule has 0 N–H and O–H groups in total. The summed E-state index contributed by atoms with van der Waals surface area (Å²) in [6.07, 6.45) is -1.80. The molecule has 3 heterocycles. The van der Waals surface area contributed by atoms with Crippen LogP contribution in [0.3, 0.4) is 0 Å². The Hall–Kier alpha value is -2.41. The van der Waals surface area contributed by atoms with Gasteiger partial charge in [0.1, 0.15) is 5.69 Å². The molecular weight excluding hydrogens is 357 g/mol. The van der Waals surface area contributed by atoms with E-state index in [4.69, 9.17) is 4.74 Å². The lowest BCUT2D eigenvalue weighted by atomic mass is 9.84. The second-order valence-corrected chi connectivity index (χ2v) is 7.06. The van der Waals surface area contributed by atoms with Crippen LogP contribution in [0.2, 0.25) is 0 Å². The van der Waals surface area contributed by atoms with Gasteiger partial charge in [0.2, 0.25) is 0 Å². The fourth-order valence-electron chi connectivity index (χ4n) is 3.65. The first kappa shape index (κ1) is 18.0. The fraction of sp³-hybridized carbons (Fsp3) is 0.400. The Morgan fingerprint density at radius 1 is 1.07 bits per heavy atom. The molecule has 0 bridgehead atoms. The van der Waals surface area contributed by atoms with E-state index in [-0.39, 0.29) is 17.2 Å². The Labute approximate surface area is 155 Å². The number of benzene rings is 1. The highest BCUT2D eigenvalue weighted by atomic mass is 19.4. The molecule has 1 aromatic carbocycles. The van der Waals surface area contributed by atoms with Crippen LogP contribution in [0.15, 0.2) is 42.5 Å². The van der Waals surface area contributed by atoms with Gasteiger partial charge in [0.05, 0.1) is 17.9 Å². The van der Waals surface area contributed by atoms with Crippen molar-refractivity contribution in [3.05, 3.63) is 53.7 Å². The molecule has 2 saturated heterocycles. The van der Waals surface area contributed by atoms with Crippen molar-refractivity contribution in [2.75, 3.05) is 19.7 Å². The minimum atomic E-state index is -4.50. The number of pyridine rings is 1. The number of hydrogen-bond acceptors (Lipinski definition) is 3. The lowest BCUT2D eigenvalue weighted by Gasteiger charge is -2.47. The molecule has 2 aliphatic rings. The van der Waals surface area contributed by atoms with Crippen molar-refractivity contribution in [2.24, 2.45) is 0 Å². The molecule has 0 atom stereocenters. The maximum atomic E-state index is 12.9. The summed E-state index contributed by atoms with van der Waals surface area (Å²) in [6, 6.07) is 10.4. The molecule has 1 amide bonds. The maximum absolute atomic E-state index is 12.9. The molecule has 0 aliphatic carbocycles. The Morgan fingerprint density at radius 3 is 2.41 bits per heavy atom. The quantitative estimate of drug-likeness (QED) is 0.790. The number of aromatic nitrogens is 1. The van der Waals surface area contributed by atoms with E-state index < -0.39 is 11.9 Å². The third kappa shape index (κ3) is 3.56. The summed E-state index contributed by atoms with van der Waals surface area (Å²) in [6.45, 7) is 2.05. The van der Waals surface area contributed by atoms with Crippen LogP contribution in [0, 0.1) is 0 Å². The average Bonchev–Trinajstić information content (AvgIpc) is 2.66. The zero-order valence-corrected chi connectivity index (χ0v) is 14.6. The Morgan fingerprint density at radius 2 is 1.78 bits per heavy atom. The maximum Gasteiger partial charge on any atom is 0.433 e. The molecule has 2 aromatic rings. The Kier molecular flexibility index (Phi) is 4.42. The third-order valence-corrected chi connectivity index (χ3v) is 5.37. The van der Waals surface area contributed by atoms with Crippen LogP contribution in [0.25, 0.3) is 11.3 Å². The molecule has 0 saturated carbocycles. The summed E-state index contributed by atoms with van der Waals surface area (Å²) < 4.78 is 44.4.